The van der Waals surface area contributed by atoms with Crippen molar-refractivity contribution in [1.82, 2.24) is 9.38 Å². The summed E-state index contributed by atoms with van der Waals surface area (Å²) in [7, 11) is 0. The van der Waals surface area contributed by atoms with E-state index in [0.29, 0.717) is 5.69 Å². The van der Waals surface area contributed by atoms with Crippen LogP contribution in [0.5, 0.6) is 0 Å². The maximum absolute atomic E-state index is 9.15. The normalized spacial score (nSPS) is 10.8. The standard InChI is InChI=1S/C18H12N3.Ir/c1-11-7-16-14-5-3-4-6-15(14)18-20-13(9-19)10-21(18)17(16)8-12(11)2;/h3-5,7-8,10H,1-2H3;/q-1;. The summed E-state index contributed by atoms with van der Waals surface area (Å²) in [5.41, 5.74) is 4.79. The van der Waals surface area contributed by atoms with Crippen molar-refractivity contribution < 1.29 is 20.1 Å². The van der Waals surface area contributed by atoms with Gasteiger partial charge in [-0.1, -0.05) is 11.5 Å². The van der Waals surface area contributed by atoms with Gasteiger partial charge in [0.2, 0.25) is 0 Å². The van der Waals surface area contributed by atoms with Crippen molar-refractivity contribution in [1.29, 1.82) is 5.26 Å². The summed E-state index contributed by atoms with van der Waals surface area (Å²) in [6.07, 6.45) is 1.80. The third-order valence-electron chi connectivity index (χ3n) is 4.06. The number of nitriles is 1. The molecule has 4 rings (SSSR count). The van der Waals surface area contributed by atoms with E-state index < -0.39 is 0 Å². The minimum Gasteiger partial charge on any atom is -0.339 e. The summed E-state index contributed by atoms with van der Waals surface area (Å²) in [4.78, 5) is 4.43. The van der Waals surface area contributed by atoms with Gasteiger partial charge in [-0.3, -0.25) is 4.98 Å². The molecule has 0 saturated heterocycles. The van der Waals surface area contributed by atoms with E-state index in [4.69, 9.17) is 5.26 Å². The van der Waals surface area contributed by atoms with Gasteiger partial charge in [0.05, 0.1) is 5.65 Å². The predicted molar refractivity (Wildman–Crippen MR) is 83.2 cm³/mol. The number of aromatic nitrogens is 2. The summed E-state index contributed by atoms with van der Waals surface area (Å²) >= 11 is 0. The molecule has 0 bridgehead atoms. The van der Waals surface area contributed by atoms with E-state index in [2.05, 4.69) is 49.2 Å². The van der Waals surface area contributed by atoms with Crippen LogP contribution in [0.1, 0.15) is 16.8 Å². The van der Waals surface area contributed by atoms with E-state index in [1.165, 1.54) is 16.5 Å². The molecule has 0 amide bonds. The first kappa shape index (κ1) is 14.7. The third kappa shape index (κ3) is 1.94. The molecule has 0 fully saturated rings. The van der Waals surface area contributed by atoms with Crippen LogP contribution in [-0.4, -0.2) is 9.38 Å². The molecule has 3 nitrogen and oxygen atoms in total. The number of aryl methyl sites for hydroxylation is 2. The van der Waals surface area contributed by atoms with E-state index in [0.717, 1.165) is 21.9 Å². The maximum Gasteiger partial charge on any atom is 0.148 e. The molecule has 109 valence electrons. The number of pyridine rings is 1. The molecule has 0 aliphatic heterocycles. The Morgan fingerprint density at radius 3 is 2.73 bits per heavy atom. The topological polar surface area (TPSA) is 41.1 Å². The average molecular weight is 463 g/mol. The molecule has 2 heterocycles. The van der Waals surface area contributed by atoms with Crippen LogP contribution in [0.15, 0.2) is 36.5 Å². The number of hydrogen-bond donors (Lipinski definition) is 0. The number of nitrogens with zero attached hydrogens (tertiary/aromatic N) is 3. The third-order valence-corrected chi connectivity index (χ3v) is 4.06. The van der Waals surface area contributed by atoms with Crippen LogP contribution in [0, 0.1) is 31.2 Å². The van der Waals surface area contributed by atoms with Crippen molar-refractivity contribution in [2.24, 2.45) is 0 Å². The Morgan fingerprint density at radius 2 is 1.95 bits per heavy atom. The zero-order valence-electron chi connectivity index (χ0n) is 12.1. The van der Waals surface area contributed by atoms with Gasteiger partial charge >= 0.3 is 0 Å². The Kier molecular flexibility index (Phi) is 3.48. The maximum atomic E-state index is 9.15. The molecule has 0 aliphatic carbocycles. The molecule has 0 saturated carbocycles. The Hall–Kier alpha value is -2.21. The largest absolute Gasteiger partial charge is 0.339 e. The number of hydrogen-bond acceptors (Lipinski definition) is 2. The monoisotopic (exact) mass is 463 g/mol. The zero-order chi connectivity index (χ0) is 14.6. The molecule has 0 spiro atoms. The van der Waals surface area contributed by atoms with Crippen LogP contribution >= 0.6 is 0 Å². The van der Waals surface area contributed by atoms with Crippen molar-refractivity contribution >= 4 is 27.3 Å². The van der Waals surface area contributed by atoms with Crippen LogP contribution < -0.4 is 0 Å². The second-order valence-electron chi connectivity index (χ2n) is 5.34. The summed E-state index contributed by atoms with van der Waals surface area (Å²) < 4.78 is 2.00. The molecule has 0 aliphatic rings. The predicted octanol–water partition coefficient (Wildman–Crippen LogP) is 3.93. The molecule has 4 aromatic rings. The van der Waals surface area contributed by atoms with Crippen LogP contribution in [-0.2, 0) is 20.1 Å². The van der Waals surface area contributed by atoms with Crippen molar-refractivity contribution in [2.45, 2.75) is 13.8 Å². The molecular formula is C18H12IrN3-. The minimum absolute atomic E-state index is 0. The Morgan fingerprint density at radius 1 is 1.18 bits per heavy atom. The fourth-order valence-electron chi connectivity index (χ4n) is 2.86. The second-order valence-corrected chi connectivity index (χ2v) is 5.34. The number of imidazole rings is 1. The van der Waals surface area contributed by atoms with Crippen molar-refractivity contribution in [2.75, 3.05) is 0 Å². The summed E-state index contributed by atoms with van der Waals surface area (Å²) in [6, 6.07) is 15.7. The molecule has 1 radical (unpaired) electrons. The molecular weight excluding hydrogens is 450 g/mol. The van der Waals surface area contributed by atoms with Crippen LogP contribution in [0.2, 0.25) is 0 Å². The fourth-order valence-corrected chi connectivity index (χ4v) is 2.86. The SMILES string of the molecule is Cc1cc2c3ccc[c-]c3c3nc(C#N)cn3c2cc1C.[Ir]. The molecule has 2 aromatic heterocycles. The van der Waals surface area contributed by atoms with Crippen molar-refractivity contribution in [3.63, 3.8) is 0 Å². The van der Waals surface area contributed by atoms with E-state index in [1.54, 1.807) is 6.20 Å². The van der Waals surface area contributed by atoms with E-state index in [1.807, 2.05) is 16.5 Å². The number of rotatable bonds is 0. The first-order valence-corrected chi connectivity index (χ1v) is 6.81. The van der Waals surface area contributed by atoms with Crippen LogP contribution in [0.4, 0.5) is 0 Å². The van der Waals surface area contributed by atoms with E-state index in [-0.39, 0.29) is 20.1 Å². The fraction of sp³-hybridized carbons (Fsp3) is 0.111. The van der Waals surface area contributed by atoms with Crippen molar-refractivity contribution in [3.05, 3.63) is 59.4 Å². The first-order valence-electron chi connectivity index (χ1n) is 6.81. The number of fused-ring (bicyclic) bond motifs is 6. The van der Waals surface area contributed by atoms with Gasteiger partial charge in [0.25, 0.3) is 0 Å². The quantitative estimate of drug-likeness (QED) is 0.294. The van der Waals surface area contributed by atoms with Gasteiger partial charge in [0.1, 0.15) is 11.8 Å². The van der Waals surface area contributed by atoms with Gasteiger partial charge in [-0.15, -0.1) is 29.7 Å². The summed E-state index contributed by atoms with van der Waals surface area (Å²) in [5, 5.41) is 12.4. The first-order chi connectivity index (χ1) is 10.2. The molecule has 0 N–H and O–H groups in total. The van der Waals surface area contributed by atoms with Crippen LogP contribution in [0.25, 0.3) is 27.3 Å². The van der Waals surface area contributed by atoms with Gasteiger partial charge in [-0.25, -0.2) is 0 Å². The summed E-state index contributed by atoms with van der Waals surface area (Å²) in [6.45, 7) is 4.22. The molecule has 0 unspecified atom stereocenters. The Bertz CT molecular complexity index is 1070. The molecule has 2 aromatic carbocycles. The summed E-state index contributed by atoms with van der Waals surface area (Å²) in [5.74, 6) is 0. The molecule has 0 atom stereocenters. The number of benzene rings is 2. The average Bonchev–Trinajstić information content (AvgIpc) is 2.94. The molecule has 22 heavy (non-hydrogen) atoms. The van der Waals surface area contributed by atoms with Crippen molar-refractivity contribution in [3.8, 4) is 6.07 Å². The Balaban J connectivity index is 0.00000144. The van der Waals surface area contributed by atoms with Gasteiger partial charge < -0.3 is 4.40 Å². The van der Waals surface area contributed by atoms with Gasteiger partial charge in [0, 0.05) is 31.8 Å². The zero-order valence-corrected chi connectivity index (χ0v) is 14.5. The van der Waals surface area contributed by atoms with E-state index >= 15 is 0 Å². The van der Waals surface area contributed by atoms with Crippen LogP contribution in [0.3, 0.4) is 0 Å². The van der Waals surface area contributed by atoms with Gasteiger partial charge in [-0.2, -0.15) is 5.26 Å². The Labute approximate surface area is 141 Å². The van der Waals surface area contributed by atoms with Gasteiger partial charge in [-0.05, 0) is 36.4 Å². The smallest absolute Gasteiger partial charge is 0.148 e. The minimum atomic E-state index is 0. The van der Waals surface area contributed by atoms with E-state index in [9.17, 15) is 0 Å². The molecule has 4 heteroatoms. The van der Waals surface area contributed by atoms with Gasteiger partial charge in [0.15, 0.2) is 0 Å². The second kappa shape index (κ2) is 5.21.